The Bertz CT molecular complexity index is 263. The summed E-state index contributed by atoms with van der Waals surface area (Å²) in [7, 11) is 0. The quantitative estimate of drug-likeness (QED) is 0.654. The summed E-state index contributed by atoms with van der Waals surface area (Å²) in [5.74, 6) is 1.65. The minimum absolute atomic E-state index is 0.825. The molecule has 1 nitrogen and oxygen atoms in total. The van der Waals surface area contributed by atoms with E-state index in [9.17, 15) is 0 Å². The van der Waals surface area contributed by atoms with Crippen LogP contribution in [0.5, 0.6) is 0 Å². The minimum Gasteiger partial charge on any atom is -0.391 e. The molecule has 0 radical (unpaired) electrons. The normalized spacial score (nSPS) is 28.5. The van der Waals surface area contributed by atoms with Crippen molar-refractivity contribution in [2.75, 3.05) is 5.73 Å². The lowest BCUT2D eigenvalue weighted by Gasteiger charge is -2.25. The second kappa shape index (κ2) is 2.77. The van der Waals surface area contributed by atoms with Crippen LogP contribution < -0.4 is 5.73 Å². The highest BCUT2D eigenvalue weighted by molar-refractivity contribution is 7.16. The Labute approximate surface area is 77.6 Å². The summed E-state index contributed by atoms with van der Waals surface area (Å²) in [6.07, 6.45) is 2.46. The third-order valence-corrected chi connectivity index (χ3v) is 3.97. The zero-order chi connectivity index (χ0) is 8.72. The highest BCUT2D eigenvalue weighted by Gasteiger charge is 2.23. The highest BCUT2D eigenvalue weighted by Crippen LogP contribution is 2.35. The first-order chi connectivity index (χ1) is 5.66. The Kier molecular flexibility index (Phi) is 1.87. The predicted octanol–water partition coefficient (Wildman–Crippen LogP) is 2.70. The van der Waals surface area contributed by atoms with Gasteiger partial charge in [-0.05, 0) is 36.3 Å². The first-order valence-corrected chi connectivity index (χ1v) is 5.35. The Morgan fingerprint density at radius 3 is 2.75 bits per heavy atom. The lowest BCUT2D eigenvalue weighted by atomic mass is 9.82. The first kappa shape index (κ1) is 8.11. The maximum atomic E-state index is 5.77. The van der Waals surface area contributed by atoms with Crippen LogP contribution in [-0.4, -0.2) is 0 Å². The molecular formula is C10H15NS. The standard InChI is InChI=1S/C10H15NS/c1-6-3-8-5-10(11)12-9(8)4-7(6)2/h5-7H,3-4,11H2,1-2H3. The van der Waals surface area contributed by atoms with Crippen molar-refractivity contribution in [3.05, 3.63) is 16.5 Å². The summed E-state index contributed by atoms with van der Waals surface area (Å²) in [4.78, 5) is 1.53. The number of hydrogen-bond donors (Lipinski definition) is 1. The molecule has 12 heavy (non-hydrogen) atoms. The van der Waals surface area contributed by atoms with Gasteiger partial charge >= 0.3 is 0 Å². The van der Waals surface area contributed by atoms with E-state index in [0.717, 1.165) is 16.8 Å². The van der Waals surface area contributed by atoms with Crippen LogP contribution in [0.1, 0.15) is 24.3 Å². The van der Waals surface area contributed by atoms with Crippen molar-refractivity contribution in [1.82, 2.24) is 0 Å². The lowest BCUT2D eigenvalue weighted by molar-refractivity contribution is 0.365. The molecular weight excluding hydrogens is 166 g/mol. The number of fused-ring (bicyclic) bond motifs is 1. The number of hydrogen-bond acceptors (Lipinski definition) is 2. The van der Waals surface area contributed by atoms with E-state index in [0.29, 0.717) is 0 Å². The van der Waals surface area contributed by atoms with Crippen molar-refractivity contribution in [3.63, 3.8) is 0 Å². The van der Waals surface area contributed by atoms with Gasteiger partial charge < -0.3 is 5.73 Å². The summed E-state index contributed by atoms with van der Waals surface area (Å²) in [6.45, 7) is 4.67. The molecule has 1 aliphatic rings. The molecule has 0 bridgehead atoms. The van der Waals surface area contributed by atoms with Crippen LogP contribution in [0.4, 0.5) is 5.00 Å². The van der Waals surface area contributed by atoms with E-state index < -0.39 is 0 Å². The topological polar surface area (TPSA) is 26.0 Å². The van der Waals surface area contributed by atoms with Gasteiger partial charge in [-0.2, -0.15) is 0 Å². The van der Waals surface area contributed by atoms with E-state index >= 15 is 0 Å². The van der Waals surface area contributed by atoms with E-state index in [-0.39, 0.29) is 0 Å². The maximum Gasteiger partial charge on any atom is 0.0862 e. The average Bonchev–Trinajstić information content (AvgIpc) is 2.30. The fourth-order valence-corrected chi connectivity index (χ4v) is 2.98. The van der Waals surface area contributed by atoms with Crippen LogP contribution >= 0.6 is 11.3 Å². The van der Waals surface area contributed by atoms with Crippen molar-refractivity contribution >= 4 is 16.3 Å². The van der Waals surface area contributed by atoms with E-state index in [4.69, 9.17) is 5.73 Å². The monoisotopic (exact) mass is 181 g/mol. The van der Waals surface area contributed by atoms with Crippen LogP contribution in [0, 0.1) is 11.8 Å². The van der Waals surface area contributed by atoms with E-state index in [1.807, 2.05) is 0 Å². The minimum atomic E-state index is 0.825. The van der Waals surface area contributed by atoms with E-state index in [2.05, 4.69) is 19.9 Å². The smallest absolute Gasteiger partial charge is 0.0862 e. The van der Waals surface area contributed by atoms with Crippen molar-refractivity contribution in [3.8, 4) is 0 Å². The Morgan fingerprint density at radius 2 is 2.00 bits per heavy atom. The van der Waals surface area contributed by atoms with Gasteiger partial charge in [0.25, 0.3) is 0 Å². The molecule has 1 aromatic heterocycles. The molecule has 2 atom stereocenters. The molecule has 1 heterocycles. The largest absolute Gasteiger partial charge is 0.391 e. The van der Waals surface area contributed by atoms with Crippen molar-refractivity contribution in [1.29, 1.82) is 0 Å². The summed E-state index contributed by atoms with van der Waals surface area (Å²) in [5.41, 5.74) is 7.27. The number of nitrogen functional groups attached to an aromatic ring is 1. The molecule has 2 unspecified atom stereocenters. The van der Waals surface area contributed by atoms with Gasteiger partial charge in [0.2, 0.25) is 0 Å². The summed E-state index contributed by atoms with van der Waals surface area (Å²) >= 11 is 1.77. The molecule has 0 aromatic carbocycles. The molecule has 0 saturated heterocycles. The fourth-order valence-electron chi connectivity index (χ4n) is 1.88. The predicted molar refractivity (Wildman–Crippen MR) is 54.5 cm³/mol. The first-order valence-electron chi connectivity index (χ1n) is 4.54. The van der Waals surface area contributed by atoms with Crippen molar-refractivity contribution in [2.24, 2.45) is 11.8 Å². The van der Waals surface area contributed by atoms with Gasteiger partial charge in [0, 0.05) is 4.88 Å². The van der Waals surface area contributed by atoms with Gasteiger partial charge in [-0.3, -0.25) is 0 Å². The van der Waals surface area contributed by atoms with Gasteiger partial charge in [-0.25, -0.2) is 0 Å². The van der Waals surface area contributed by atoms with E-state index in [1.54, 1.807) is 11.3 Å². The highest BCUT2D eigenvalue weighted by atomic mass is 32.1. The SMILES string of the molecule is CC1Cc2cc(N)sc2CC1C. The summed E-state index contributed by atoms with van der Waals surface area (Å²) in [5, 5.41) is 0.987. The van der Waals surface area contributed by atoms with Crippen LogP contribution in [0.15, 0.2) is 6.07 Å². The molecule has 0 amide bonds. The molecule has 0 saturated carbocycles. The third-order valence-electron chi connectivity index (χ3n) is 2.94. The molecule has 2 rings (SSSR count). The number of thiophene rings is 1. The van der Waals surface area contributed by atoms with Crippen LogP contribution in [-0.2, 0) is 12.8 Å². The molecule has 66 valence electrons. The van der Waals surface area contributed by atoms with Crippen LogP contribution in [0.3, 0.4) is 0 Å². The zero-order valence-corrected chi connectivity index (χ0v) is 8.45. The van der Waals surface area contributed by atoms with Gasteiger partial charge in [0.1, 0.15) is 0 Å². The zero-order valence-electron chi connectivity index (χ0n) is 7.63. The molecule has 1 aliphatic carbocycles. The second-order valence-electron chi connectivity index (χ2n) is 3.96. The molecule has 2 N–H and O–H groups in total. The van der Waals surface area contributed by atoms with Gasteiger partial charge in [-0.1, -0.05) is 13.8 Å². The number of rotatable bonds is 0. The average molecular weight is 181 g/mol. The molecule has 0 fully saturated rings. The number of anilines is 1. The van der Waals surface area contributed by atoms with Crippen LogP contribution in [0.2, 0.25) is 0 Å². The molecule has 1 aromatic rings. The fraction of sp³-hybridized carbons (Fsp3) is 0.600. The third kappa shape index (κ3) is 1.24. The van der Waals surface area contributed by atoms with Gasteiger partial charge in [0.15, 0.2) is 0 Å². The summed E-state index contributed by atoms with van der Waals surface area (Å²) < 4.78 is 0. The molecule has 2 heteroatoms. The van der Waals surface area contributed by atoms with E-state index in [1.165, 1.54) is 23.3 Å². The van der Waals surface area contributed by atoms with Gasteiger partial charge in [0.05, 0.1) is 5.00 Å². The van der Waals surface area contributed by atoms with Crippen molar-refractivity contribution < 1.29 is 0 Å². The Morgan fingerprint density at radius 1 is 1.33 bits per heavy atom. The Hall–Kier alpha value is -0.500. The van der Waals surface area contributed by atoms with Crippen molar-refractivity contribution in [2.45, 2.75) is 26.7 Å². The Balaban J connectivity index is 2.33. The van der Waals surface area contributed by atoms with Crippen LogP contribution in [0.25, 0.3) is 0 Å². The molecule has 0 aliphatic heterocycles. The lowest BCUT2D eigenvalue weighted by Crippen LogP contribution is -2.18. The molecule has 0 spiro atoms. The maximum absolute atomic E-state index is 5.77. The summed E-state index contributed by atoms with van der Waals surface area (Å²) in [6, 6.07) is 2.16. The number of nitrogens with two attached hydrogens (primary N) is 1. The second-order valence-corrected chi connectivity index (χ2v) is 5.13. The van der Waals surface area contributed by atoms with Gasteiger partial charge in [-0.15, -0.1) is 11.3 Å².